The van der Waals surface area contributed by atoms with Crippen LogP contribution in [0, 0.1) is 11.7 Å². The molecule has 0 aliphatic carbocycles. The molecule has 0 heterocycles. The highest BCUT2D eigenvalue weighted by Gasteiger charge is 2.19. The molecule has 18 heavy (non-hydrogen) atoms. The molecule has 0 spiro atoms. The number of rotatable bonds is 5. The van der Waals surface area contributed by atoms with Gasteiger partial charge in [-0.25, -0.2) is 17.5 Å². The van der Waals surface area contributed by atoms with Gasteiger partial charge in [0, 0.05) is 6.04 Å². The van der Waals surface area contributed by atoms with Gasteiger partial charge in [-0.2, -0.15) is 0 Å². The van der Waals surface area contributed by atoms with Crippen molar-refractivity contribution in [1.82, 2.24) is 4.72 Å². The first-order chi connectivity index (χ1) is 8.22. The Bertz CT molecular complexity index is 515. The first kappa shape index (κ1) is 14.9. The van der Waals surface area contributed by atoms with Crippen LogP contribution in [0.25, 0.3) is 0 Å². The molecule has 1 aromatic carbocycles. The van der Waals surface area contributed by atoms with E-state index in [9.17, 15) is 12.8 Å². The van der Waals surface area contributed by atoms with Crippen molar-refractivity contribution in [3.63, 3.8) is 0 Å². The van der Waals surface area contributed by atoms with Gasteiger partial charge in [0.2, 0.25) is 10.0 Å². The highest BCUT2D eigenvalue weighted by Crippen LogP contribution is 2.17. The zero-order valence-electron chi connectivity index (χ0n) is 10.8. The summed E-state index contributed by atoms with van der Waals surface area (Å²) in [6.45, 7) is 5.80. The van der Waals surface area contributed by atoms with Crippen LogP contribution < -0.4 is 10.5 Å². The molecule has 0 fully saturated rings. The van der Waals surface area contributed by atoms with E-state index in [4.69, 9.17) is 5.73 Å². The minimum absolute atomic E-state index is 0.0656. The van der Waals surface area contributed by atoms with Crippen molar-refractivity contribution in [3.05, 3.63) is 24.0 Å². The first-order valence-corrected chi connectivity index (χ1v) is 7.28. The van der Waals surface area contributed by atoms with Crippen LogP contribution >= 0.6 is 0 Å². The molecular formula is C12H19FN2O2S. The highest BCUT2D eigenvalue weighted by molar-refractivity contribution is 7.89. The normalized spacial score (nSPS) is 13.8. The lowest BCUT2D eigenvalue weighted by Gasteiger charge is -2.16. The Morgan fingerprint density at radius 2 is 1.94 bits per heavy atom. The van der Waals surface area contributed by atoms with E-state index in [2.05, 4.69) is 4.72 Å². The summed E-state index contributed by atoms with van der Waals surface area (Å²) in [4.78, 5) is -0.107. The van der Waals surface area contributed by atoms with Gasteiger partial charge in [-0.3, -0.25) is 0 Å². The van der Waals surface area contributed by atoms with E-state index < -0.39 is 15.8 Å². The maximum atomic E-state index is 13.2. The average molecular weight is 274 g/mol. The quantitative estimate of drug-likeness (QED) is 0.808. The molecule has 3 N–H and O–H groups in total. The van der Waals surface area contributed by atoms with Crippen LogP contribution in [-0.2, 0) is 10.0 Å². The van der Waals surface area contributed by atoms with E-state index in [1.807, 2.05) is 13.8 Å². The third-order valence-electron chi connectivity index (χ3n) is 2.46. The summed E-state index contributed by atoms with van der Waals surface area (Å²) in [5.74, 6) is -0.347. The Balaban J connectivity index is 2.89. The summed E-state index contributed by atoms with van der Waals surface area (Å²) < 4.78 is 39.7. The van der Waals surface area contributed by atoms with Gasteiger partial charge in [0.05, 0.1) is 10.6 Å². The fourth-order valence-corrected chi connectivity index (χ4v) is 3.03. The third kappa shape index (κ3) is 3.96. The molecule has 0 bridgehead atoms. The van der Waals surface area contributed by atoms with E-state index in [0.717, 1.165) is 12.5 Å². The van der Waals surface area contributed by atoms with Crippen molar-refractivity contribution in [1.29, 1.82) is 0 Å². The van der Waals surface area contributed by atoms with Gasteiger partial charge in [-0.1, -0.05) is 13.8 Å². The summed E-state index contributed by atoms with van der Waals surface area (Å²) >= 11 is 0. The minimum atomic E-state index is -3.69. The van der Waals surface area contributed by atoms with Crippen LogP contribution in [0.1, 0.15) is 27.2 Å². The van der Waals surface area contributed by atoms with E-state index in [0.29, 0.717) is 5.92 Å². The lowest BCUT2D eigenvalue weighted by Crippen LogP contribution is -2.33. The fraction of sp³-hybridized carbons (Fsp3) is 0.500. The molecule has 0 aromatic heterocycles. The summed E-state index contributed by atoms with van der Waals surface area (Å²) in [7, 11) is -3.69. The van der Waals surface area contributed by atoms with Crippen molar-refractivity contribution in [2.45, 2.75) is 38.1 Å². The van der Waals surface area contributed by atoms with Gasteiger partial charge < -0.3 is 5.73 Å². The van der Waals surface area contributed by atoms with Crippen molar-refractivity contribution in [2.75, 3.05) is 5.73 Å². The van der Waals surface area contributed by atoms with Crippen LogP contribution in [0.3, 0.4) is 0 Å². The topological polar surface area (TPSA) is 72.2 Å². The number of anilines is 1. The van der Waals surface area contributed by atoms with E-state index in [1.165, 1.54) is 12.1 Å². The maximum absolute atomic E-state index is 13.2. The number of benzene rings is 1. The van der Waals surface area contributed by atoms with E-state index >= 15 is 0 Å². The highest BCUT2D eigenvalue weighted by atomic mass is 32.2. The predicted octanol–water partition coefficient (Wildman–Crippen LogP) is 2.12. The number of hydrogen-bond donors (Lipinski definition) is 2. The molecular weight excluding hydrogens is 255 g/mol. The van der Waals surface area contributed by atoms with E-state index in [1.54, 1.807) is 6.92 Å². The second-order valence-electron chi connectivity index (χ2n) is 4.84. The predicted molar refractivity (Wildman–Crippen MR) is 70.1 cm³/mol. The summed E-state index contributed by atoms with van der Waals surface area (Å²) in [5.41, 5.74) is 5.24. The average Bonchev–Trinajstić information content (AvgIpc) is 2.19. The van der Waals surface area contributed by atoms with Crippen LogP contribution in [0.15, 0.2) is 23.1 Å². The second kappa shape index (κ2) is 5.67. The maximum Gasteiger partial charge on any atom is 0.240 e. The van der Waals surface area contributed by atoms with Gasteiger partial charge in [-0.05, 0) is 37.5 Å². The first-order valence-electron chi connectivity index (χ1n) is 5.79. The molecule has 0 aliphatic heterocycles. The molecule has 0 radical (unpaired) electrons. The molecule has 4 nitrogen and oxygen atoms in total. The zero-order valence-corrected chi connectivity index (χ0v) is 11.6. The van der Waals surface area contributed by atoms with Gasteiger partial charge in [0.15, 0.2) is 0 Å². The standard InChI is InChI=1S/C12H19FN2O2S/c1-8(2)6-9(3)15-18(16,17)10-4-5-12(14)11(13)7-10/h4-5,7-9,15H,6,14H2,1-3H3. The van der Waals surface area contributed by atoms with Gasteiger partial charge in [0.25, 0.3) is 0 Å². The minimum Gasteiger partial charge on any atom is -0.396 e. The second-order valence-corrected chi connectivity index (χ2v) is 6.55. The Labute approximate surface area is 107 Å². The smallest absolute Gasteiger partial charge is 0.240 e. The third-order valence-corrected chi connectivity index (χ3v) is 4.05. The van der Waals surface area contributed by atoms with Crippen LogP contribution in [-0.4, -0.2) is 14.5 Å². The molecule has 0 amide bonds. The molecule has 1 unspecified atom stereocenters. The molecule has 1 atom stereocenters. The van der Waals surface area contributed by atoms with Crippen LogP contribution in [0.5, 0.6) is 0 Å². The SMILES string of the molecule is CC(C)CC(C)NS(=O)(=O)c1ccc(N)c(F)c1. The van der Waals surface area contributed by atoms with Crippen LogP contribution in [0.2, 0.25) is 0 Å². The summed E-state index contributed by atoms with van der Waals surface area (Å²) in [6.07, 6.45) is 0.719. The number of nitrogen functional groups attached to an aromatic ring is 1. The molecule has 0 saturated carbocycles. The monoisotopic (exact) mass is 274 g/mol. The Kier molecular flexibility index (Phi) is 4.70. The molecule has 0 aliphatic rings. The van der Waals surface area contributed by atoms with Crippen molar-refractivity contribution < 1.29 is 12.8 Å². The Morgan fingerprint density at radius 1 is 1.33 bits per heavy atom. The Morgan fingerprint density at radius 3 is 2.44 bits per heavy atom. The van der Waals surface area contributed by atoms with Crippen molar-refractivity contribution in [3.8, 4) is 0 Å². The number of hydrogen-bond acceptors (Lipinski definition) is 3. The van der Waals surface area contributed by atoms with Gasteiger partial charge in [0.1, 0.15) is 5.82 Å². The van der Waals surface area contributed by atoms with E-state index in [-0.39, 0.29) is 16.6 Å². The molecule has 1 aromatic rings. The molecule has 6 heteroatoms. The molecule has 0 saturated heterocycles. The molecule has 102 valence electrons. The van der Waals surface area contributed by atoms with Gasteiger partial charge in [-0.15, -0.1) is 0 Å². The Hall–Kier alpha value is -1.14. The largest absolute Gasteiger partial charge is 0.396 e. The zero-order chi connectivity index (χ0) is 13.9. The van der Waals surface area contributed by atoms with Crippen molar-refractivity contribution >= 4 is 15.7 Å². The summed E-state index contributed by atoms with van der Waals surface area (Å²) in [6, 6.07) is 3.27. The van der Waals surface area contributed by atoms with Gasteiger partial charge >= 0.3 is 0 Å². The summed E-state index contributed by atoms with van der Waals surface area (Å²) in [5, 5.41) is 0. The lowest BCUT2D eigenvalue weighted by molar-refractivity contribution is 0.482. The lowest BCUT2D eigenvalue weighted by atomic mass is 10.1. The number of sulfonamides is 1. The fourth-order valence-electron chi connectivity index (χ4n) is 1.76. The number of nitrogens with two attached hydrogens (primary N) is 1. The number of halogens is 1. The number of nitrogens with one attached hydrogen (secondary N) is 1. The molecule has 1 rings (SSSR count). The van der Waals surface area contributed by atoms with Crippen LogP contribution in [0.4, 0.5) is 10.1 Å². The van der Waals surface area contributed by atoms with Crippen molar-refractivity contribution in [2.24, 2.45) is 5.92 Å².